The number of hydrogen-bond acceptors (Lipinski definition) is 1. The van der Waals surface area contributed by atoms with Crippen LogP contribution in [0.2, 0.25) is 0 Å². The molecule has 0 aliphatic heterocycles. The molecule has 0 aromatic carbocycles. The number of carboxylic acid groups (broad SMARTS) is 1. The van der Waals surface area contributed by atoms with Crippen molar-refractivity contribution in [2.24, 2.45) is 0 Å². The van der Waals surface area contributed by atoms with Crippen LogP contribution in [-0.2, 0) is 4.79 Å². The number of unbranched alkanes of at least 4 members (excludes halogenated alkanes) is 7. The lowest BCUT2D eigenvalue weighted by Crippen LogP contribution is -1.91. The highest BCUT2D eigenvalue weighted by molar-refractivity contribution is 5.66. The fourth-order valence-electron chi connectivity index (χ4n) is 1.78. The summed E-state index contributed by atoms with van der Waals surface area (Å²) in [6, 6.07) is 0. The number of hydrogen-bond donors (Lipinski definition) is 1. The van der Waals surface area contributed by atoms with E-state index in [0.717, 1.165) is 6.42 Å². The fourth-order valence-corrected chi connectivity index (χ4v) is 1.78. The third-order valence-electron chi connectivity index (χ3n) is 2.88. The Morgan fingerprint density at radius 1 is 0.889 bits per heavy atom. The lowest BCUT2D eigenvalue weighted by Gasteiger charge is -1.98. The maximum absolute atomic E-state index is 10.2. The van der Waals surface area contributed by atoms with Crippen molar-refractivity contribution >= 4 is 5.97 Å². The molecule has 0 aliphatic carbocycles. The van der Waals surface area contributed by atoms with Crippen molar-refractivity contribution in [3.63, 3.8) is 0 Å². The Morgan fingerprint density at radius 2 is 1.44 bits per heavy atom. The minimum Gasteiger partial charge on any atom is -0.481 e. The summed E-state index contributed by atoms with van der Waals surface area (Å²) >= 11 is 0. The molecule has 104 valence electrons. The molecule has 0 radical (unpaired) electrons. The first-order valence-corrected chi connectivity index (χ1v) is 7.30. The summed E-state index contributed by atoms with van der Waals surface area (Å²) in [7, 11) is 0. The van der Waals surface area contributed by atoms with E-state index in [1.54, 1.807) is 0 Å². The van der Waals surface area contributed by atoms with Gasteiger partial charge in [-0.1, -0.05) is 69.8 Å². The van der Waals surface area contributed by atoms with Crippen LogP contribution >= 0.6 is 0 Å². The van der Waals surface area contributed by atoms with Gasteiger partial charge >= 0.3 is 5.97 Å². The van der Waals surface area contributed by atoms with E-state index < -0.39 is 5.97 Å². The van der Waals surface area contributed by atoms with E-state index in [1.165, 1.54) is 44.9 Å². The average Bonchev–Trinajstić information content (AvgIpc) is 2.34. The van der Waals surface area contributed by atoms with Gasteiger partial charge in [0.1, 0.15) is 0 Å². The van der Waals surface area contributed by atoms with Crippen LogP contribution in [-0.4, -0.2) is 11.1 Å². The zero-order chi connectivity index (χ0) is 13.5. The Bertz CT molecular complexity index is 241. The van der Waals surface area contributed by atoms with Crippen LogP contribution in [0.25, 0.3) is 0 Å². The monoisotopic (exact) mass is 252 g/mol. The second-order valence-electron chi connectivity index (χ2n) is 4.70. The van der Waals surface area contributed by atoms with Crippen molar-refractivity contribution in [2.75, 3.05) is 0 Å². The first kappa shape index (κ1) is 16.9. The van der Waals surface area contributed by atoms with Gasteiger partial charge in [0.15, 0.2) is 0 Å². The van der Waals surface area contributed by atoms with E-state index in [4.69, 9.17) is 5.11 Å². The Morgan fingerprint density at radius 3 is 2.06 bits per heavy atom. The van der Waals surface area contributed by atoms with Crippen molar-refractivity contribution in [1.29, 1.82) is 0 Å². The fraction of sp³-hybridized carbons (Fsp3) is 0.688. The number of carbonyl (C=O) groups is 1. The second-order valence-corrected chi connectivity index (χ2v) is 4.70. The first-order chi connectivity index (χ1) is 8.77. The Balaban J connectivity index is 3.20. The van der Waals surface area contributed by atoms with Crippen LogP contribution in [0.5, 0.6) is 0 Å². The molecule has 0 spiro atoms. The van der Waals surface area contributed by atoms with Crippen LogP contribution in [0, 0.1) is 0 Å². The van der Waals surface area contributed by atoms with Gasteiger partial charge in [0.2, 0.25) is 0 Å². The van der Waals surface area contributed by atoms with Crippen LogP contribution < -0.4 is 0 Å². The van der Waals surface area contributed by atoms with Gasteiger partial charge in [0, 0.05) is 6.42 Å². The third kappa shape index (κ3) is 14.9. The highest BCUT2D eigenvalue weighted by Crippen LogP contribution is 2.08. The summed E-state index contributed by atoms with van der Waals surface area (Å²) in [5.74, 6) is -0.730. The molecule has 0 rings (SSSR count). The zero-order valence-corrected chi connectivity index (χ0v) is 11.7. The number of aliphatic carboxylic acids is 1. The van der Waals surface area contributed by atoms with Gasteiger partial charge < -0.3 is 5.11 Å². The van der Waals surface area contributed by atoms with Gasteiger partial charge in [-0.15, -0.1) is 0 Å². The van der Waals surface area contributed by atoms with Crippen molar-refractivity contribution < 1.29 is 9.90 Å². The van der Waals surface area contributed by atoms with Crippen molar-refractivity contribution in [1.82, 2.24) is 0 Å². The largest absolute Gasteiger partial charge is 0.481 e. The molecule has 1 N–H and O–H groups in total. The molecule has 0 saturated carbocycles. The maximum atomic E-state index is 10.2. The normalized spacial score (nSPS) is 11.6. The molecule has 18 heavy (non-hydrogen) atoms. The van der Waals surface area contributed by atoms with E-state index in [-0.39, 0.29) is 6.42 Å². The van der Waals surface area contributed by atoms with Crippen molar-refractivity contribution in [3.05, 3.63) is 24.3 Å². The molecule has 0 aliphatic rings. The molecule has 0 heterocycles. The molecule has 0 atom stereocenters. The highest BCUT2D eigenvalue weighted by atomic mass is 16.4. The van der Waals surface area contributed by atoms with Crippen LogP contribution in [0.3, 0.4) is 0 Å². The van der Waals surface area contributed by atoms with E-state index in [2.05, 4.69) is 13.0 Å². The molecule has 0 bridgehead atoms. The summed E-state index contributed by atoms with van der Waals surface area (Å²) in [5, 5.41) is 8.44. The topological polar surface area (TPSA) is 37.3 Å². The van der Waals surface area contributed by atoms with Crippen LogP contribution in [0.1, 0.15) is 71.1 Å². The molecule has 2 heteroatoms. The predicted molar refractivity (Wildman–Crippen MR) is 77.8 cm³/mol. The summed E-state index contributed by atoms with van der Waals surface area (Å²) in [6.45, 7) is 2.24. The van der Waals surface area contributed by atoms with Gasteiger partial charge in [0.25, 0.3) is 0 Å². The van der Waals surface area contributed by atoms with Gasteiger partial charge in [-0.05, 0) is 19.3 Å². The molecular weight excluding hydrogens is 224 g/mol. The summed E-state index contributed by atoms with van der Waals surface area (Å²) in [4.78, 5) is 10.2. The lowest BCUT2D eigenvalue weighted by molar-refractivity contribution is -0.136. The number of carboxylic acids is 1. The molecule has 2 nitrogen and oxygen atoms in total. The molecular formula is C16H28O2. The van der Waals surface area contributed by atoms with Gasteiger partial charge in [-0.2, -0.15) is 0 Å². The van der Waals surface area contributed by atoms with Crippen molar-refractivity contribution in [3.8, 4) is 0 Å². The van der Waals surface area contributed by atoms with Crippen LogP contribution in [0.15, 0.2) is 24.3 Å². The smallest absolute Gasteiger partial charge is 0.303 e. The molecule has 0 fully saturated rings. The third-order valence-corrected chi connectivity index (χ3v) is 2.88. The Labute approximate surface area is 112 Å². The lowest BCUT2D eigenvalue weighted by atomic mass is 10.1. The van der Waals surface area contributed by atoms with E-state index in [1.807, 2.05) is 18.2 Å². The minimum atomic E-state index is -0.730. The van der Waals surface area contributed by atoms with Crippen LogP contribution in [0.4, 0.5) is 0 Å². The van der Waals surface area contributed by atoms with Gasteiger partial charge in [0.05, 0.1) is 0 Å². The van der Waals surface area contributed by atoms with Crippen molar-refractivity contribution in [2.45, 2.75) is 71.1 Å². The highest BCUT2D eigenvalue weighted by Gasteiger charge is 1.91. The average molecular weight is 252 g/mol. The molecule has 0 unspecified atom stereocenters. The van der Waals surface area contributed by atoms with Gasteiger partial charge in [-0.3, -0.25) is 4.79 Å². The molecule has 0 amide bonds. The predicted octanol–water partition coefficient (Wildman–Crippen LogP) is 5.10. The minimum absolute atomic E-state index is 0.224. The van der Waals surface area contributed by atoms with E-state index >= 15 is 0 Å². The van der Waals surface area contributed by atoms with Gasteiger partial charge in [-0.25, -0.2) is 0 Å². The Kier molecular flexibility index (Phi) is 13.2. The maximum Gasteiger partial charge on any atom is 0.303 e. The summed E-state index contributed by atoms with van der Waals surface area (Å²) in [6.07, 6.45) is 19.5. The number of allylic oxidation sites excluding steroid dienone is 4. The van der Waals surface area contributed by atoms with E-state index in [0.29, 0.717) is 6.42 Å². The summed E-state index contributed by atoms with van der Waals surface area (Å²) < 4.78 is 0. The molecule has 0 aromatic rings. The second kappa shape index (κ2) is 14.0. The number of rotatable bonds is 12. The van der Waals surface area contributed by atoms with E-state index in [9.17, 15) is 4.79 Å². The summed E-state index contributed by atoms with van der Waals surface area (Å²) in [5.41, 5.74) is 0. The Hall–Kier alpha value is -1.05. The zero-order valence-electron chi connectivity index (χ0n) is 11.7. The molecule has 0 aromatic heterocycles. The SMILES string of the molecule is CCCCCCCCC/C=C/C=C/CCC(=O)O. The quantitative estimate of drug-likeness (QED) is 0.387. The first-order valence-electron chi connectivity index (χ1n) is 7.30. The standard InChI is InChI=1S/C16H28O2/c1-2-3-4-5-6-7-8-9-10-11-12-13-14-15-16(17)18/h10-13H,2-9,14-15H2,1H3,(H,17,18)/b11-10+,13-12+. The molecule has 0 saturated heterocycles.